The molecule has 2 aromatic carbocycles. The maximum Gasteiger partial charge on any atom is 0.261 e. The number of para-hydroxylation sites is 1. The number of carbonyl (C=O) groups excluding carboxylic acids is 1. The van der Waals surface area contributed by atoms with E-state index in [4.69, 9.17) is 16.3 Å². The molecule has 0 saturated heterocycles. The average molecular weight is 322 g/mol. The molecule has 2 aromatic rings. The molecule has 5 heteroatoms. The Labute approximate surface area is 134 Å². The van der Waals surface area contributed by atoms with Crippen molar-refractivity contribution in [1.82, 2.24) is 5.32 Å². The van der Waals surface area contributed by atoms with Crippen LogP contribution in [0.25, 0.3) is 0 Å². The van der Waals surface area contributed by atoms with Gasteiger partial charge < -0.3 is 10.1 Å². The number of benzene rings is 2. The van der Waals surface area contributed by atoms with Crippen molar-refractivity contribution in [2.75, 3.05) is 0 Å². The highest BCUT2D eigenvalue weighted by molar-refractivity contribution is 6.31. The first-order chi connectivity index (χ1) is 10.6. The number of rotatable bonds is 6. The normalized spacial score (nSPS) is 11.8. The Morgan fingerprint density at radius 3 is 2.59 bits per heavy atom. The van der Waals surface area contributed by atoms with Crippen molar-refractivity contribution in [1.29, 1.82) is 0 Å². The second kappa shape index (κ2) is 7.80. The van der Waals surface area contributed by atoms with Gasteiger partial charge in [0.25, 0.3) is 5.91 Å². The van der Waals surface area contributed by atoms with Crippen LogP contribution in [0.4, 0.5) is 4.39 Å². The lowest BCUT2D eigenvalue weighted by atomic mass is 10.2. The molecule has 0 aliphatic heterocycles. The zero-order valence-electron chi connectivity index (χ0n) is 12.2. The van der Waals surface area contributed by atoms with E-state index in [1.165, 1.54) is 12.1 Å². The van der Waals surface area contributed by atoms with Gasteiger partial charge in [0.2, 0.25) is 0 Å². The fourth-order valence-electron chi connectivity index (χ4n) is 1.95. The third kappa shape index (κ3) is 4.21. The third-order valence-corrected chi connectivity index (χ3v) is 3.55. The van der Waals surface area contributed by atoms with E-state index < -0.39 is 11.9 Å². The lowest BCUT2D eigenvalue weighted by molar-refractivity contribution is -0.128. The first kappa shape index (κ1) is 16.3. The van der Waals surface area contributed by atoms with Crippen LogP contribution in [-0.4, -0.2) is 12.0 Å². The first-order valence-corrected chi connectivity index (χ1v) is 7.42. The van der Waals surface area contributed by atoms with E-state index in [-0.39, 0.29) is 11.7 Å². The van der Waals surface area contributed by atoms with E-state index in [1.807, 2.05) is 18.2 Å². The number of halogens is 2. The lowest BCUT2D eigenvalue weighted by Gasteiger charge is -2.17. The van der Waals surface area contributed by atoms with Crippen LogP contribution in [0, 0.1) is 5.82 Å². The quantitative estimate of drug-likeness (QED) is 0.874. The van der Waals surface area contributed by atoms with Crippen molar-refractivity contribution < 1.29 is 13.9 Å². The molecule has 1 amide bonds. The molecule has 0 aromatic heterocycles. The Morgan fingerprint density at radius 1 is 1.23 bits per heavy atom. The number of amides is 1. The van der Waals surface area contributed by atoms with Crippen molar-refractivity contribution in [3.05, 3.63) is 64.9 Å². The molecule has 22 heavy (non-hydrogen) atoms. The summed E-state index contributed by atoms with van der Waals surface area (Å²) in [5, 5.41) is 3.35. The molecule has 116 valence electrons. The predicted molar refractivity (Wildman–Crippen MR) is 84.4 cm³/mol. The van der Waals surface area contributed by atoms with Crippen LogP contribution in [0.5, 0.6) is 5.75 Å². The number of nitrogens with one attached hydrogen (secondary N) is 1. The van der Waals surface area contributed by atoms with Gasteiger partial charge >= 0.3 is 0 Å². The summed E-state index contributed by atoms with van der Waals surface area (Å²) in [6.07, 6.45) is -0.317. The van der Waals surface area contributed by atoms with Crippen molar-refractivity contribution in [2.24, 2.45) is 0 Å². The molecule has 1 unspecified atom stereocenters. The summed E-state index contributed by atoms with van der Waals surface area (Å²) >= 11 is 6.04. The topological polar surface area (TPSA) is 38.3 Å². The number of carbonyl (C=O) groups is 1. The molecule has 0 fully saturated rings. The lowest BCUT2D eigenvalue weighted by Crippen LogP contribution is -2.37. The smallest absolute Gasteiger partial charge is 0.261 e. The summed E-state index contributed by atoms with van der Waals surface area (Å²) in [6, 6.07) is 13.3. The van der Waals surface area contributed by atoms with Crippen LogP contribution in [0.1, 0.15) is 18.9 Å². The molecule has 0 spiro atoms. The first-order valence-electron chi connectivity index (χ1n) is 7.04. The summed E-state index contributed by atoms with van der Waals surface area (Å²) in [6.45, 7) is 2.11. The maximum absolute atomic E-state index is 13.6. The minimum atomic E-state index is -0.751. The van der Waals surface area contributed by atoms with Crippen molar-refractivity contribution in [2.45, 2.75) is 26.0 Å². The predicted octanol–water partition coefficient (Wildman–Crippen LogP) is 3.95. The molecule has 0 aliphatic carbocycles. The fourth-order valence-corrected chi connectivity index (χ4v) is 2.16. The van der Waals surface area contributed by atoms with E-state index in [0.29, 0.717) is 18.0 Å². The van der Waals surface area contributed by atoms with Crippen LogP contribution in [-0.2, 0) is 11.3 Å². The van der Waals surface area contributed by atoms with E-state index >= 15 is 0 Å². The second-order valence-electron chi connectivity index (χ2n) is 4.75. The largest absolute Gasteiger partial charge is 0.478 e. The van der Waals surface area contributed by atoms with E-state index in [2.05, 4.69) is 5.32 Å². The summed E-state index contributed by atoms with van der Waals surface area (Å²) in [5.74, 6) is -0.715. The Bertz CT molecular complexity index is 648. The van der Waals surface area contributed by atoms with Gasteiger partial charge in [0.05, 0.1) is 0 Å². The fraction of sp³-hybridized carbons (Fsp3) is 0.235. The molecule has 3 nitrogen and oxygen atoms in total. The van der Waals surface area contributed by atoms with Gasteiger partial charge in [0.1, 0.15) is 0 Å². The minimum Gasteiger partial charge on any atom is -0.478 e. The van der Waals surface area contributed by atoms with Crippen molar-refractivity contribution in [3.63, 3.8) is 0 Å². The van der Waals surface area contributed by atoms with Gasteiger partial charge in [-0.15, -0.1) is 0 Å². The molecule has 1 atom stereocenters. The summed E-state index contributed by atoms with van der Waals surface area (Å²) in [7, 11) is 0. The van der Waals surface area contributed by atoms with Gasteiger partial charge in [0.15, 0.2) is 17.7 Å². The zero-order chi connectivity index (χ0) is 15.9. The van der Waals surface area contributed by atoms with Gasteiger partial charge in [-0.2, -0.15) is 0 Å². The number of ether oxygens (including phenoxy) is 1. The second-order valence-corrected chi connectivity index (χ2v) is 5.16. The van der Waals surface area contributed by atoms with Gasteiger partial charge in [-0.05, 0) is 30.2 Å². The molecule has 0 saturated carbocycles. The van der Waals surface area contributed by atoms with Crippen molar-refractivity contribution >= 4 is 17.5 Å². The van der Waals surface area contributed by atoms with Crippen LogP contribution < -0.4 is 10.1 Å². The molecule has 0 heterocycles. The molecule has 0 radical (unpaired) electrons. The van der Waals surface area contributed by atoms with Crippen LogP contribution >= 0.6 is 11.6 Å². The van der Waals surface area contributed by atoms with Gasteiger partial charge in [-0.3, -0.25) is 4.79 Å². The zero-order valence-corrected chi connectivity index (χ0v) is 12.9. The Kier molecular flexibility index (Phi) is 5.78. The molecule has 0 aliphatic rings. The summed E-state index contributed by atoms with van der Waals surface area (Å²) in [4.78, 5) is 12.2. The molecule has 0 bridgehead atoms. The maximum atomic E-state index is 13.6. The van der Waals surface area contributed by atoms with Crippen molar-refractivity contribution in [3.8, 4) is 5.75 Å². The molecule has 1 N–H and O–H groups in total. The minimum absolute atomic E-state index is 0.0715. The van der Waals surface area contributed by atoms with Gasteiger partial charge in [0, 0.05) is 11.6 Å². The Morgan fingerprint density at radius 2 is 1.91 bits per heavy atom. The number of hydrogen-bond acceptors (Lipinski definition) is 2. The molecule has 2 rings (SSSR count). The standard InChI is InChI=1S/C17H17ClFNO2/c1-2-15(22-16-10-6-5-9-14(16)19)17(21)20-11-12-7-3-4-8-13(12)18/h3-10,15H,2,11H2,1H3,(H,20,21). The Balaban J connectivity index is 1.98. The summed E-state index contributed by atoms with van der Waals surface area (Å²) in [5.41, 5.74) is 0.818. The van der Waals surface area contributed by atoms with Crippen LogP contribution in [0.2, 0.25) is 5.02 Å². The van der Waals surface area contributed by atoms with E-state index in [9.17, 15) is 9.18 Å². The Hall–Kier alpha value is -2.07. The van der Waals surface area contributed by atoms with Crippen LogP contribution in [0.15, 0.2) is 48.5 Å². The summed E-state index contributed by atoms with van der Waals surface area (Å²) < 4.78 is 19.0. The molecular weight excluding hydrogens is 305 g/mol. The highest BCUT2D eigenvalue weighted by Gasteiger charge is 2.19. The van der Waals surface area contributed by atoms with E-state index in [0.717, 1.165) is 5.56 Å². The van der Waals surface area contributed by atoms with Gasteiger partial charge in [-0.25, -0.2) is 4.39 Å². The highest BCUT2D eigenvalue weighted by atomic mass is 35.5. The highest BCUT2D eigenvalue weighted by Crippen LogP contribution is 2.18. The SMILES string of the molecule is CCC(Oc1ccccc1F)C(=O)NCc1ccccc1Cl. The molecular formula is C17H17ClFNO2. The monoisotopic (exact) mass is 321 g/mol. The average Bonchev–Trinajstić information content (AvgIpc) is 2.53. The number of hydrogen-bond donors (Lipinski definition) is 1. The third-order valence-electron chi connectivity index (χ3n) is 3.18. The van der Waals surface area contributed by atoms with Crippen LogP contribution in [0.3, 0.4) is 0 Å². The van der Waals surface area contributed by atoms with Gasteiger partial charge in [-0.1, -0.05) is 48.9 Å². The van der Waals surface area contributed by atoms with E-state index in [1.54, 1.807) is 25.1 Å².